The lowest BCUT2D eigenvalue weighted by Gasteiger charge is -2.32. The fraction of sp³-hybridized carbons (Fsp3) is 0.562. The van der Waals surface area contributed by atoms with Crippen molar-refractivity contribution in [2.75, 3.05) is 0 Å². The number of thioether (sulfide) groups is 1. The summed E-state index contributed by atoms with van der Waals surface area (Å²) in [6.45, 7) is 2.35. The van der Waals surface area contributed by atoms with Gasteiger partial charge in [-0.2, -0.15) is 0 Å². The molecule has 112 valence electrons. The number of aromatic nitrogens is 2. The van der Waals surface area contributed by atoms with Crippen molar-refractivity contribution in [3.8, 4) is 0 Å². The topological polar surface area (TPSA) is 29.9 Å². The third-order valence-corrected chi connectivity index (χ3v) is 7.06. The van der Waals surface area contributed by atoms with Crippen molar-refractivity contribution in [3.63, 3.8) is 0 Å². The number of nitrogens with one attached hydrogen (secondary N) is 1. The molecule has 4 atom stereocenters. The molecule has 0 bridgehead atoms. The van der Waals surface area contributed by atoms with Gasteiger partial charge in [0.25, 0.3) is 0 Å². The second-order valence-corrected chi connectivity index (χ2v) is 8.78. The lowest BCUT2D eigenvalue weighted by atomic mass is 10.0. The van der Waals surface area contributed by atoms with Crippen molar-refractivity contribution in [2.45, 2.75) is 60.2 Å². The number of thiophene rings is 1. The molecule has 4 rings (SSSR count). The van der Waals surface area contributed by atoms with Gasteiger partial charge in [0.05, 0.1) is 10.5 Å². The smallest absolute Gasteiger partial charge is 0.0949 e. The molecule has 3 unspecified atom stereocenters. The fourth-order valence-electron chi connectivity index (χ4n) is 3.72. The standard InChI is InChI=1S/C16H21N3S2/c1-11-9-14(12-5-8-20-16(12)21-11)18-13-3-2-4-15(13)19-7-6-17-10-19/h5-8,10-11,13-15,18H,2-4,9H2,1H3/t11-,13?,14?,15?/m0/s1. The highest BCUT2D eigenvalue weighted by Gasteiger charge is 2.33. The molecule has 0 amide bonds. The van der Waals surface area contributed by atoms with Crippen molar-refractivity contribution < 1.29 is 0 Å². The summed E-state index contributed by atoms with van der Waals surface area (Å²) in [6.07, 6.45) is 11.1. The van der Waals surface area contributed by atoms with Crippen LogP contribution in [-0.2, 0) is 0 Å². The van der Waals surface area contributed by atoms with Gasteiger partial charge in [-0.3, -0.25) is 0 Å². The van der Waals surface area contributed by atoms with Crippen LogP contribution in [0.3, 0.4) is 0 Å². The highest BCUT2D eigenvalue weighted by Crippen LogP contribution is 2.45. The third kappa shape index (κ3) is 2.67. The Morgan fingerprint density at radius 1 is 1.38 bits per heavy atom. The van der Waals surface area contributed by atoms with Gasteiger partial charge in [0.2, 0.25) is 0 Å². The predicted molar refractivity (Wildman–Crippen MR) is 89.0 cm³/mol. The largest absolute Gasteiger partial charge is 0.333 e. The maximum absolute atomic E-state index is 4.22. The SMILES string of the molecule is C[C@H]1CC(NC2CCCC2n2ccnc2)c2ccsc2S1. The number of hydrogen-bond donors (Lipinski definition) is 1. The predicted octanol–water partition coefficient (Wildman–Crippen LogP) is 4.25. The fourth-order valence-corrected chi connectivity index (χ4v) is 6.29. The average Bonchev–Trinajstić information content (AvgIpc) is 3.18. The minimum absolute atomic E-state index is 0.525. The first-order valence-corrected chi connectivity index (χ1v) is 9.54. The van der Waals surface area contributed by atoms with Gasteiger partial charge in [0, 0.05) is 35.8 Å². The Bertz CT molecular complexity index is 592. The zero-order valence-corrected chi connectivity index (χ0v) is 13.9. The molecule has 2 aromatic rings. The molecule has 1 N–H and O–H groups in total. The van der Waals surface area contributed by atoms with Crippen LogP contribution in [0.15, 0.2) is 34.4 Å². The van der Waals surface area contributed by atoms with Crippen LogP contribution in [-0.4, -0.2) is 20.8 Å². The first-order valence-electron chi connectivity index (χ1n) is 7.79. The molecule has 0 aromatic carbocycles. The summed E-state index contributed by atoms with van der Waals surface area (Å²) in [7, 11) is 0. The Kier molecular flexibility index (Phi) is 3.81. The summed E-state index contributed by atoms with van der Waals surface area (Å²) in [6, 6.07) is 3.99. The summed E-state index contributed by atoms with van der Waals surface area (Å²) < 4.78 is 3.81. The van der Waals surface area contributed by atoms with Crippen LogP contribution in [0, 0.1) is 0 Å². The van der Waals surface area contributed by atoms with Gasteiger partial charge in [-0.25, -0.2) is 4.98 Å². The van der Waals surface area contributed by atoms with Crippen molar-refractivity contribution in [3.05, 3.63) is 35.7 Å². The Labute approximate surface area is 134 Å². The van der Waals surface area contributed by atoms with Gasteiger partial charge in [0.1, 0.15) is 0 Å². The molecule has 0 saturated heterocycles. The van der Waals surface area contributed by atoms with Crippen LogP contribution in [0.1, 0.15) is 50.3 Å². The maximum atomic E-state index is 4.22. The van der Waals surface area contributed by atoms with Crippen LogP contribution < -0.4 is 5.32 Å². The van der Waals surface area contributed by atoms with E-state index in [0.717, 1.165) is 0 Å². The molecule has 1 aliphatic heterocycles. The normalized spacial score (nSPS) is 32.2. The van der Waals surface area contributed by atoms with E-state index in [0.29, 0.717) is 23.4 Å². The number of fused-ring (bicyclic) bond motifs is 1. The number of rotatable bonds is 3. The Morgan fingerprint density at radius 3 is 3.19 bits per heavy atom. The lowest BCUT2D eigenvalue weighted by Crippen LogP contribution is -2.38. The zero-order valence-electron chi connectivity index (χ0n) is 12.2. The molecule has 0 spiro atoms. The second-order valence-electron chi connectivity index (χ2n) is 6.16. The quantitative estimate of drug-likeness (QED) is 0.917. The molecule has 1 aliphatic carbocycles. The van der Waals surface area contributed by atoms with E-state index in [4.69, 9.17) is 0 Å². The Balaban J connectivity index is 1.53. The Hall–Kier alpha value is -0.780. The van der Waals surface area contributed by atoms with E-state index in [-0.39, 0.29) is 0 Å². The third-order valence-electron chi connectivity index (χ3n) is 4.71. The van der Waals surface area contributed by atoms with Gasteiger partial charge in [-0.15, -0.1) is 23.1 Å². The molecule has 1 fully saturated rings. The summed E-state index contributed by atoms with van der Waals surface area (Å²) in [5, 5.41) is 6.93. The molecule has 21 heavy (non-hydrogen) atoms. The molecule has 2 aliphatic rings. The number of imidazole rings is 1. The minimum atomic E-state index is 0.525. The van der Waals surface area contributed by atoms with E-state index in [9.17, 15) is 0 Å². The van der Waals surface area contributed by atoms with E-state index in [1.165, 1.54) is 35.5 Å². The van der Waals surface area contributed by atoms with Gasteiger partial charge in [-0.1, -0.05) is 6.92 Å². The van der Waals surface area contributed by atoms with Gasteiger partial charge < -0.3 is 9.88 Å². The van der Waals surface area contributed by atoms with Gasteiger partial charge >= 0.3 is 0 Å². The maximum Gasteiger partial charge on any atom is 0.0949 e. The van der Waals surface area contributed by atoms with E-state index < -0.39 is 0 Å². The van der Waals surface area contributed by atoms with Crippen LogP contribution in [0.5, 0.6) is 0 Å². The van der Waals surface area contributed by atoms with E-state index >= 15 is 0 Å². The van der Waals surface area contributed by atoms with E-state index in [2.05, 4.69) is 39.4 Å². The van der Waals surface area contributed by atoms with Gasteiger partial charge in [0.15, 0.2) is 0 Å². The van der Waals surface area contributed by atoms with Crippen molar-refractivity contribution in [1.82, 2.24) is 14.9 Å². The zero-order chi connectivity index (χ0) is 14.2. The summed E-state index contributed by atoms with van der Waals surface area (Å²) in [4.78, 5) is 4.22. The van der Waals surface area contributed by atoms with Crippen LogP contribution in [0.4, 0.5) is 0 Å². The monoisotopic (exact) mass is 319 g/mol. The van der Waals surface area contributed by atoms with Crippen molar-refractivity contribution in [1.29, 1.82) is 0 Å². The number of hydrogen-bond acceptors (Lipinski definition) is 4. The lowest BCUT2D eigenvalue weighted by molar-refractivity contribution is 0.340. The highest BCUT2D eigenvalue weighted by molar-refractivity contribution is 8.01. The van der Waals surface area contributed by atoms with Crippen molar-refractivity contribution in [2.24, 2.45) is 0 Å². The van der Waals surface area contributed by atoms with Gasteiger partial charge in [-0.05, 0) is 42.7 Å². The molecular formula is C16H21N3S2. The summed E-state index contributed by atoms with van der Waals surface area (Å²) in [5.41, 5.74) is 1.53. The molecule has 1 saturated carbocycles. The van der Waals surface area contributed by atoms with E-state index in [1.54, 1.807) is 0 Å². The molecular weight excluding hydrogens is 298 g/mol. The second kappa shape index (κ2) is 5.78. The highest BCUT2D eigenvalue weighted by atomic mass is 32.2. The molecule has 5 heteroatoms. The first kappa shape index (κ1) is 13.9. The minimum Gasteiger partial charge on any atom is -0.333 e. The molecule has 2 aromatic heterocycles. The Morgan fingerprint density at radius 2 is 2.33 bits per heavy atom. The molecule has 3 heterocycles. The molecule has 3 nitrogen and oxygen atoms in total. The average molecular weight is 319 g/mol. The van der Waals surface area contributed by atoms with E-state index in [1.807, 2.05) is 35.6 Å². The van der Waals surface area contributed by atoms with Crippen LogP contribution in [0.2, 0.25) is 0 Å². The summed E-state index contributed by atoms with van der Waals surface area (Å²) in [5.74, 6) is 0. The molecule has 0 radical (unpaired) electrons. The first-order chi connectivity index (χ1) is 10.3. The number of nitrogens with zero attached hydrogens (tertiary/aromatic N) is 2. The van der Waals surface area contributed by atoms with Crippen molar-refractivity contribution >= 4 is 23.1 Å². The van der Waals surface area contributed by atoms with Crippen LogP contribution in [0.25, 0.3) is 0 Å². The summed E-state index contributed by atoms with van der Waals surface area (Å²) >= 11 is 3.94. The van der Waals surface area contributed by atoms with Crippen LogP contribution >= 0.6 is 23.1 Å².